The fraction of sp³-hybridized carbons (Fsp3) is 0.278. The van der Waals surface area contributed by atoms with Crippen molar-refractivity contribution in [2.45, 2.75) is 0 Å². The van der Waals surface area contributed by atoms with Crippen molar-refractivity contribution >= 4 is 23.0 Å². The van der Waals surface area contributed by atoms with E-state index in [9.17, 15) is 19.3 Å². The summed E-state index contributed by atoms with van der Waals surface area (Å²) in [5, 5.41) is 13.8. The molecule has 1 amide bonds. The third-order valence-electron chi connectivity index (χ3n) is 4.38. The zero-order valence-electron chi connectivity index (χ0n) is 14.3. The largest absolute Gasteiger partial charge is 0.368 e. The molecule has 0 unspecified atom stereocenters. The second kappa shape index (κ2) is 7.49. The number of carbonyl (C=O) groups is 1. The van der Waals surface area contributed by atoms with Crippen LogP contribution in [0.25, 0.3) is 0 Å². The van der Waals surface area contributed by atoms with Crippen LogP contribution in [-0.4, -0.2) is 49.0 Å². The Morgan fingerprint density at radius 1 is 1.12 bits per heavy atom. The molecule has 1 fully saturated rings. The molecular formula is C18H19FN4O3. The number of rotatable bonds is 4. The molecule has 7 nitrogen and oxygen atoms in total. The highest BCUT2D eigenvalue weighted by molar-refractivity contribution is 6.08. The molecule has 2 aromatic rings. The van der Waals surface area contributed by atoms with Crippen LogP contribution in [0.15, 0.2) is 42.5 Å². The van der Waals surface area contributed by atoms with E-state index in [1.54, 1.807) is 6.07 Å². The number of non-ortho nitro benzene ring substituents is 1. The highest BCUT2D eigenvalue weighted by Crippen LogP contribution is 2.27. The van der Waals surface area contributed by atoms with Gasteiger partial charge in [0.2, 0.25) is 0 Å². The van der Waals surface area contributed by atoms with E-state index in [4.69, 9.17) is 0 Å². The average molecular weight is 358 g/mol. The molecule has 0 atom stereocenters. The van der Waals surface area contributed by atoms with Crippen LogP contribution in [0.4, 0.5) is 21.5 Å². The number of nitrogens with zero attached hydrogens (tertiary/aromatic N) is 3. The van der Waals surface area contributed by atoms with Gasteiger partial charge >= 0.3 is 0 Å². The molecule has 2 aromatic carbocycles. The highest BCUT2D eigenvalue weighted by atomic mass is 19.1. The number of hydrogen-bond donors (Lipinski definition) is 1. The third-order valence-corrected chi connectivity index (χ3v) is 4.38. The van der Waals surface area contributed by atoms with Crippen molar-refractivity contribution in [1.29, 1.82) is 0 Å². The summed E-state index contributed by atoms with van der Waals surface area (Å²) >= 11 is 0. The molecule has 26 heavy (non-hydrogen) atoms. The van der Waals surface area contributed by atoms with E-state index in [1.165, 1.54) is 36.4 Å². The number of piperazine rings is 1. The molecule has 1 aliphatic rings. The van der Waals surface area contributed by atoms with Crippen molar-refractivity contribution in [3.8, 4) is 0 Å². The zero-order chi connectivity index (χ0) is 18.7. The summed E-state index contributed by atoms with van der Waals surface area (Å²) in [6, 6.07) is 9.67. The maximum Gasteiger partial charge on any atom is 0.270 e. The van der Waals surface area contributed by atoms with Crippen molar-refractivity contribution in [2.24, 2.45) is 0 Å². The number of likely N-dealkylation sites (N-methyl/N-ethyl adjacent to an activating group) is 1. The van der Waals surface area contributed by atoms with Crippen LogP contribution in [0.5, 0.6) is 0 Å². The van der Waals surface area contributed by atoms with Crippen LogP contribution >= 0.6 is 0 Å². The number of nitro groups is 1. The van der Waals surface area contributed by atoms with Crippen molar-refractivity contribution in [1.82, 2.24) is 4.90 Å². The molecule has 0 aliphatic carbocycles. The molecule has 136 valence electrons. The number of nitrogens with one attached hydrogen (secondary N) is 1. The van der Waals surface area contributed by atoms with Gasteiger partial charge in [0.1, 0.15) is 5.82 Å². The molecule has 1 heterocycles. The predicted octanol–water partition coefficient (Wildman–Crippen LogP) is 2.74. The van der Waals surface area contributed by atoms with Gasteiger partial charge < -0.3 is 15.1 Å². The van der Waals surface area contributed by atoms with E-state index in [0.29, 0.717) is 11.4 Å². The quantitative estimate of drug-likeness (QED) is 0.672. The van der Waals surface area contributed by atoms with Gasteiger partial charge in [0.25, 0.3) is 11.6 Å². The molecule has 0 bridgehead atoms. The van der Waals surface area contributed by atoms with Gasteiger partial charge in [-0.2, -0.15) is 0 Å². The molecule has 1 aliphatic heterocycles. The lowest BCUT2D eigenvalue weighted by molar-refractivity contribution is -0.384. The lowest BCUT2D eigenvalue weighted by Gasteiger charge is -2.34. The summed E-state index contributed by atoms with van der Waals surface area (Å²) in [5.74, 6) is -0.870. The van der Waals surface area contributed by atoms with E-state index in [0.717, 1.165) is 26.2 Å². The minimum absolute atomic E-state index is 0.146. The molecule has 1 N–H and O–H groups in total. The standard InChI is InChI=1S/C18H19FN4O3/c1-21-8-10-22(11-9-21)17-7-6-15(23(25)26)12-16(17)18(24)20-14-4-2-13(19)3-5-14/h2-7,12H,8-11H2,1H3,(H,20,24). The normalized spacial score (nSPS) is 14.9. The van der Waals surface area contributed by atoms with Gasteiger partial charge in [-0.25, -0.2) is 4.39 Å². The zero-order valence-corrected chi connectivity index (χ0v) is 14.3. The lowest BCUT2D eigenvalue weighted by atomic mass is 10.1. The first kappa shape index (κ1) is 17.8. The molecule has 0 saturated carbocycles. The van der Waals surface area contributed by atoms with E-state index in [2.05, 4.69) is 10.2 Å². The van der Waals surface area contributed by atoms with E-state index in [-0.39, 0.29) is 11.3 Å². The summed E-state index contributed by atoms with van der Waals surface area (Å²) < 4.78 is 13.0. The Kier molecular flexibility index (Phi) is 5.13. The van der Waals surface area contributed by atoms with Crippen LogP contribution in [0.2, 0.25) is 0 Å². The maximum absolute atomic E-state index is 13.0. The number of hydrogen-bond acceptors (Lipinski definition) is 5. The smallest absolute Gasteiger partial charge is 0.270 e. The van der Waals surface area contributed by atoms with Crippen LogP contribution in [0.1, 0.15) is 10.4 Å². The number of carbonyl (C=O) groups excluding carboxylic acids is 1. The van der Waals surface area contributed by atoms with Crippen LogP contribution < -0.4 is 10.2 Å². The van der Waals surface area contributed by atoms with Crippen molar-refractivity contribution in [2.75, 3.05) is 43.4 Å². The molecule has 3 rings (SSSR count). The Labute approximate surface area is 150 Å². The number of anilines is 2. The number of halogens is 1. The van der Waals surface area contributed by atoms with Crippen LogP contribution in [-0.2, 0) is 0 Å². The first-order valence-electron chi connectivity index (χ1n) is 8.23. The van der Waals surface area contributed by atoms with E-state index in [1.807, 2.05) is 11.9 Å². The minimum Gasteiger partial charge on any atom is -0.368 e. The van der Waals surface area contributed by atoms with Gasteiger partial charge in [0.05, 0.1) is 16.2 Å². The predicted molar refractivity (Wildman–Crippen MR) is 97.2 cm³/mol. The van der Waals surface area contributed by atoms with Crippen molar-refractivity contribution < 1.29 is 14.1 Å². The van der Waals surface area contributed by atoms with E-state index >= 15 is 0 Å². The Hall–Kier alpha value is -3.00. The maximum atomic E-state index is 13.0. The van der Waals surface area contributed by atoms with Gasteiger partial charge in [-0.05, 0) is 37.4 Å². The lowest BCUT2D eigenvalue weighted by Crippen LogP contribution is -2.45. The summed E-state index contributed by atoms with van der Waals surface area (Å²) in [4.78, 5) is 27.6. The number of benzene rings is 2. The summed E-state index contributed by atoms with van der Waals surface area (Å²) in [6.07, 6.45) is 0. The average Bonchev–Trinajstić information content (AvgIpc) is 2.63. The number of amides is 1. The summed E-state index contributed by atoms with van der Waals surface area (Å²) in [6.45, 7) is 3.14. The Balaban J connectivity index is 1.91. The number of nitro benzene ring substituents is 1. The topological polar surface area (TPSA) is 78.7 Å². The summed E-state index contributed by atoms with van der Waals surface area (Å²) in [5.41, 5.74) is 1.16. The molecule has 1 saturated heterocycles. The van der Waals surface area contributed by atoms with Crippen molar-refractivity contribution in [3.63, 3.8) is 0 Å². The van der Waals surface area contributed by atoms with Gasteiger partial charge in [-0.15, -0.1) is 0 Å². The minimum atomic E-state index is -0.525. The SMILES string of the molecule is CN1CCN(c2ccc([N+](=O)[O-])cc2C(=O)Nc2ccc(F)cc2)CC1. The Morgan fingerprint density at radius 3 is 2.38 bits per heavy atom. The third kappa shape index (κ3) is 3.97. The molecule has 0 aromatic heterocycles. The summed E-state index contributed by atoms with van der Waals surface area (Å²) in [7, 11) is 2.02. The Morgan fingerprint density at radius 2 is 1.77 bits per heavy atom. The molecular weight excluding hydrogens is 339 g/mol. The van der Waals surface area contributed by atoms with Crippen LogP contribution in [0.3, 0.4) is 0 Å². The van der Waals surface area contributed by atoms with Crippen LogP contribution in [0, 0.1) is 15.9 Å². The second-order valence-electron chi connectivity index (χ2n) is 6.21. The Bertz CT molecular complexity index is 818. The fourth-order valence-electron chi connectivity index (χ4n) is 2.87. The van der Waals surface area contributed by atoms with E-state index < -0.39 is 16.6 Å². The second-order valence-corrected chi connectivity index (χ2v) is 6.21. The highest BCUT2D eigenvalue weighted by Gasteiger charge is 2.23. The van der Waals surface area contributed by atoms with Gasteiger partial charge in [0.15, 0.2) is 0 Å². The first-order valence-corrected chi connectivity index (χ1v) is 8.23. The fourth-order valence-corrected chi connectivity index (χ4v) is 2.87. The van der Waals surface area contributed by atoms with Gasteiger partial charge in [0, 0.05) is 44.0 Å². The molecule has 0 spiro atoms. The van der Waals surface area contributed by atoms with Crippen molar-refractivity contribution in [3.05, 3.63) is 64.0 Å². The van der Waals surface area contributed by atoms with Gasteiger partial charge in [-0.3, -0.25) is 14.9 Å². The molecule has 8 heteroatoms. The first-order chi connectivity index (χ1) is 12.4. The monoisotopic (exact) mass is 358 g/mol. The van der Waals surface area contributed by atoms with Gasteiger partial charge in [-0.1, -0.05) is 0 Å². The molecule has 0 radical (unpaired) electrons.